The molecule has 0 fully saturated rings. The van der Waals surface area contributed by atoms with E-state index < -0.39 is 5.97 Å². The van der Waals surface area contributed by atoms with Gasteiger partial charge in [0.05, 0.1) is 6.42 Å². The Hall–Kier alpha value is -3.14. The number of carbonyl (C=O) groups excluding carboxylic acids is 2. The lowest BCUT2D eigenvalue weighted by Gasteiger charge is -2.09. The summed E-state index contributed by atoms with van der Waals surface area (Å²) in [4.78, 5) is 24.0. The van der Waals surface area contributed by atoms with Crippen molar-refractivity contribution in [3.8, 4) is 0 Å². The molecule has 4 heteroatoms. The lowest BCUT2D eigenvalue weighted by atomic mass is 10.1. The SMILES string of the molecule is Cc1cc(C)cc(NC(=O)COC(=O)Cc2ccc3ccccc3c2)c1. The highest BCUT2D eigenvalue weighted by molar-refractivity contribution is 5.93. The first-order chi connectivity index (χ1) is 12.5. The number of fused-ring (bicyclic) bond motifs is 1. The van der Waals surface area contributed by atoms with Gasteiger partial charge in [-0.1, -0.05) is 48.5 Å². The van der Waals surface area contributed by atoms with Gasteiger partial charge in [0.25, 0.3) is 5.91 Å². The second-order valence-electron chi connectivity index (χ2n) is 6.44. The average Bonchev–Trinajstić information content (AvgIpc) is 2.59. The minimum Gasteiger partial charge on any atom is -0.455 e. The minimum atomic E-state index is -0.421. The van der Waals surface area contributed by atoms with Gasteiger partial charge in [0.1, 0.15) is 0 Å². The van der Waals surface area contributed by atoms with Gasteiger partial charge in [-0.15, -0.1) is 0 Å². The molecule has 26 heavy (non-hydrogen) atoms. The van der Waals surface area contributed by atoms with E-state index in [9.17, 15) is 9.59 Å². The van der Waals surface area contributed by atoms with Crippen LogP contribution in [-0.2, 0) is 20.7 Å². The van der Waals surface area contributed by atoms with Gasteiger partial charge in [-0.3, -0.25) is 9.59 Å². The normalized spacial score (nSPS) is 10.5. The fourth-order valence-corrected chi connectivity index (χ4v) is 2.96. The standard InChI is InChI=1S/C22H21NO3/c1-15-9-16(2)11-20(10-15)23-21(24)14-26-22(25)13-17-7-8-18-5-3-4-6-19(18)12-17/h3-12H,13-14H2,1-2H3,(H,23,24). The van der Waals surface area contributed by atoms with Crippen molar-refractivity contribution in [2.24, 2.45) is 0 Å². The summed E-state index contributed by atoms with van der Waals surface area (Å²) in [7, 11) is 0. The molecule has 0 radical (unpaired) electrons. The van der Waals surface area contributed by atoms with Crippen molar-refractivity contribution in [2.75, 3.05) is 11.9 Å². The smallest absolute Gasteiger partial charge is 0.310 e. The van der Waals surface area contributed by atoms with Crippen molar-refractivity contribution in [1.29, 1.82) is 0 Å². The number of anilines is 1. The number of amides is 1. The Labute approximate surface area is 152 Å². The van der Waals surface area contributed by atoms with Gasteiger partial charge in [-0.2, -0.15) is 0 Å². The van der Waals surface area contributed by atoms with Crippen LogP contribution in [0, 0.1) is 13.8 Å². The van der Waals surface area contributed by atoms with Crippen molar-refractivity contribution in [1.82, 2.24) is 0 Å². The topological polar surface area (TPSA) is 55.4 Å². The maximum atomic E-state index is 12.0. The van der Waals surface area contributed by atoms with Gasteiger partial charge in [-0.25, -0.2) is 0 Å². The molecule has 0 spiro atoms. The van der Waals surface area contributed by atoms with Crippen LogP contribution in [0.3, 0.4) is 0 Å². The molecule has 0 heterocycles. The molecular weight excluding hydrogens is 326 g/mol. The lowest BCUT2D eigenvalue weighted by molar-refractivity contribution is -0.146. The van der Waals surface area contributed by atoms with E-state index in [1.807, 2.05) is 74.5 Å². The number of nitrogens with one attached hydrogen (secondary N) is 1. The summed E-state index contributed by atoms with van der Waals surface area (Å²) in [6, 6.07) is 19.6. The van der Waals surface area contributed by atoms with Crippen molar-refractivity contribution >= 4 is 28.3 Å². The Morgan fingerprint density at radius 3 is 2.31 bits per heavy atom. The number of esters is 1. The summed E-state index contributed by atoms with van der Waals surface area (Å²) < 4.78 is 5.10. The van der Waals surface area contributed by atoms with Crippen LogP contribution in [0.15, 0.2) is 60.7 Å². The predicted octanol–water partition coefficient (Wildman–Crippen LogP) is 4.18. The number of hydrogen-bond donors (Lipinski definition) is 1. The molecule has 0 aliphatic heterocycles. The Kier molecular flexibility index (Phi) is 5.32. The van der Waals surface area contributed by atoms with Gasteiger partial charge in [0, 0.05) is 5.69 Å². The maximum Gasteiger partial charge on any atom is 0.310 e. The molecule has 0 saturated carbocycles. The Morgan fingerprint density at radius 1 is 0.885 bits per heavy atom. The molecule has 0 unspecified atom stereocenters. The number of rotatable bonds is 5. The third-order valence-electron chi connectivity index (χ3n) is 4.03. The maximum absolute atomic E-state index is 12.0. The molecule has 3 aromatic rings. The number of carbonyl (C=O) groups is 2. The third kappa shape index (κ3) is 4.70. The van der Waals surface area contributed by atoms with Crippen LogP contribution in [0.25, 0.3) is 10.8 Å². The Morgan fingerprint density at radius 2 is 1.58 bits per heavy atom. The van der Waals surface area contributed by atoms with Crippen molar-refractivity contribution in [3.05, 3.63) is 77.4 Å². The molecule has 0 saturated heterocycles. The molecule has 0 aromatic heterocycles. The van der Waals surface area contributed by atoms with E-state index in [2.05, 4.69) is 5.32 Å². The average molecular weight is 347 g/mol. The lowest BCUT2D eigenvalue weighted by Crippen LogP contribution is -2.21. The summed E-state index contributed by atoms with van der Waals surface area (Å²) in [5, 5.41) is 4.95. The summed E-state index contributed by atoms with van der Waals surface area (Å²) in [5.41, 5.74) is 3.70. The highest BCUT2D eigenvalue weighted by atomic mass is 16.5. The summed E-state index contributed by atoms with van der Waals surface area (Å²) in [5.74, 6) is -0.766. The van der Waals surface area contributed by atoms with E-state index in [4.69, 9.17) is 4.74 Å². The van der Waals surface area contributed by atoms with E-state index in [0.717, 1.165) is 27.5 Å². The Bertz CT molecular complexity index is 942. The Balaban J connectivity index is 1.53. The molecule has 1 N–H and O–H groups in total. The van der Waals surface area contributed by atoms with Crippen LogP contribution in [0.2, 0.25) is 0 Å². The molecule has 0 aliphatic carbocycles. The molecular formula is C22H21NO3. The third-order valence-corrected chi connectivity index (χ3v) is 4.03. The van der Waals surface area contributed by atoms with Gasteiger partial charge in [0.15, 0.2) is 6.61 Å². The van der Waals surface area contributed by atoms with Crippen LogP contribution in [-0.4, -0.2) is 18.5 Å². The molecule has 132 valence electrons. The first kappa shape index (κ1) is 17.7. The van der Waals surface area contributed by atoms with Crippen LogP contribution in [0.5, 0.6) is 0 Å². The van der Waals surface area contributed by atoms with Crippen LogP contribution < -0.4 is 5.32 Å². The number of benzene rings is 3. The van der Waals surface area contributed by atoms with E-state index >= 15 is 0 Å². The highest BCUT2D eigenvalue weighted by Crippen LogP contribution is 2.16. The second kappa shape index (κ2) is 7.83. The van der Waals surface area contributed by atoms with E-state index in [-0.39, 0.29) is 18.9 Å². The molecule has 0 bridgehead atoms. The molecule has 4 nitrogen and oxygen atoms in total. The van der Waals surface area contributed by atoms with Crippen LogP contribution >= 0.6 is 0 Å². The van der Waals surface area contributed by atoms with Crippen molar-refractivity contribution in [2.45, 2.75) is 20.3 Å². The summed E-state index contributed by atoms with van der Waals surface area (Å²) >= 11 is 0. The van der Waals surface area contributed by atoms with Gasteiger partial charge in [0.2, 0.25) is 0 Å². The van der Waals surface area contributed by atoms with Crippen LogP contribution in [0.4, 0.5) is 5.69 Å². The number of ether oxygens (including phenoxy) is 1. The highest BCUT2D eigenvalue weighted by Gasteiger charge is 2.10. The first-order valence-corrected chi connectivity index (χ1v) is 8.51. The zero-order valence-electron chi connectivity index (χ0n) is 14.9. The van der Waals surface area contributed by atoms with Crippen molar-refractivity contribution in [3.63, 3.8) is 0 Å². The monoisotopic (exact) mass is 347 g/mol. The predicted molar refractivity (Wildman–Crippen MR) is 103 cm³/mol. The second-order valence-corrected chi connectivity index (χ2v) is 6.44. The zero-order valence-corrected chi connectivity index (χ0v) is 14.9. The van der Waals surface area contributed by atoms with Crippen molar-refractivity contribution < 1.29 is 14.3 Å². The molecule has 0 atom stereocenters. The van der Waals surface area contributed by atoms with Gasteiger partial charge >= 0.3 is 5.97 Å². The van der Waals surface area contributed by atoms with Gasteiger partial charge in [-0.05, 0) is 53.4 Å². The molecule has 1 amide bonds. The summed E-state index contributed by atoms with van der Waals surface area (Å²) in [6.45, 7) is 3.64. The minimum absolute atomic E-state index is 0.141. The summed E-state index contributed by atoms with van der Waals surface area (Å²) in [6.07, 6.45) is 0.141. The largest absolute Gasteiger partial charge is 0.455 e. The fraction of sp³-hybridized carbons (Fsp3) is 0.182. The number of aryl methyl sites for hydroxylation is 2. The zero-order chi connectivity index (χ0) is 18.5. The molecule has 0 aliphatic rings. The van der Waals surface area contributed by atoms with E-state index in [1.165, 1.54) is 0 Å². The van der Waals surface area contributed by atoms with Gasteiger partial charge < -0.3 is 10.1 Å². The van der Waals surface area contributed by atoms with E-state index in [1.54, 1.807) is 0 Å². The molecule has 3 aromatic carbocycles. The molecule has 3 rings (SSSR count). The first-order valence-electron chi connectivity index (χ1n) is 8.51. The number of hydrogen-bond acceptors (Lipinski definition) is 3. The fourth-order valence-electron chi connectivity index (χ4n) is 2.96. The van der Waals surface area contributed by atoms with E-state index in [0.29, 0.717) is 5.69 Å². The quantitative estimate of drug-likeness (QED) is 0.705. The van der Waals surface area contributed by atoms with Crippen LogP contribution in [0.1, 0.15) is 16.7 Å².